The third-order valence-corrected chi connectivity index (χ3v) is 4.69. The number of sulfonamides is 1. The summed E-state index contributed by atoms with van der Waals surface area (Å²) >= 11 is 0. The van der Waals surface area contributed by atoms with Gasteiger partial charge in [0.1, 0.15) is 0 Å². The molecule has 0 amide bonds. The molecule has 6 nitrogen and oxygen atoms in total. The van der Waals surface area contributed by atoms with Crippen molar-refractivity contribution in [2.24, 2.45) is 0 Å². The third kappa shape index (κ3) is 3.62. The maximum Gasteiger partial charge on any atom is 0.240 e. The van der Waals surface area contributed by atoms with Gasteiger partial charge in [0.05, 0.1) is 11.1 Å². The second kappa shape index (κ2) is 6.28. The maximum atomic E-state index is 11.8. The third-order valence-electron chi connectivity index (χ3n) is 3.28. The van der Waals surface area contributed by atoms with Gasteiger partial charge in [-0.3, -0.25) is 4.68 Å². The lowest BCUT2D eigenvalue weighted by Crippen LogP contribution is -2.18. The molecule has 7 heteroatoms. The van der Waals surface area contributed by atoms with Gasteiger partial charge in [0, 0.05) is 30.5 Å². The zero-order chi connectivity index (χ0) is 15.5. The van der Waals surface area contributed by atoms with Crippen LogP contribution in [0.15, 0.2) is 35.5 Å². The van der Waals surface area contributed by atoms with Crippen molar-refractivity contribution >= 4 is 15.7 Å². The number of hydrogen-bond acceptors (Lipinski definition) is 4. The quantitative estimate of drug-likeness (QED) is 0.852. The zero-order valence-corrected chi connectivity index (χ0v) is 13.2. The number of benzene rings is 1. The van der Waals surface area contributed by atoms with Gasteiger partial charge in [0.2, 0.25) is 10.0 Å². The molecule has 0 aliphatic rings. The molecule has 0 aliphatic heterocycles. The van der Waals surface area contributed by atoms with Gasteiger partial charge in [-0.2, -0.15) is 5.10 Å². The largest absolute Gasteiger partial charge is 0.381 e. The van der Waals surface area contributed by atoms with Crippen molar-refractivity contribution in [3.63, 3.8) is 0 Å². The van der Waals surface area contributed by atoms with Crippen LogP contribution in [0.1, 0.15) is 18.1 Å². The molecule has 0 bridgehead atoms. The summed E-state index contributed by atoms with van der Waals surface area (Å²) in [6.45, 7) is 5.40. The molecule has 0 unspecified atom stereocenters. The Kier molecular flexibility index (Phi) is 4.64. The van der Waals surface area contributed by atoms with Crippen LogP contribution in [0.2, 0.25) is 0 Å². The molecule has 0 saturated heterocycles. The fourth-order valence-electron chi connectivity index (χ4n) is 1.94. The molecular formula is C14H20N4O2S. The van der Waals surface area contributed by atoms with E-state index in [4.69, 9.17) is 0 Å². The van der Waals surface area contributed by atoms with E-state index in [-0.39, 0.29) is 4.90 Å². The van der Waals surface area contributed by atoms with E-state index in [1.807, 2.05) is 24.7 Å². The normalized spacial score (nSPS) is 11.6. The number of aromatic nitrogens is 2. The van der Waals surface area contributed by atoms with Crippen LogP contribution in [-0.4, -0.2) is 25.2 Å². The van der Waals surface area contributed by atoms with Crippen LogP contribution < -0.4 is 10.0 Å². The van der Waals surface area contributed by atoms with Gasteiger partial charge < -0.3 is 5.32 Å². The Morgan fingerprint density at radius 1 is 1.33 bits per heavy atom. The lowest BCUT2D eigenvalue weighted by molar-refractivity contribution is 0.588. The van der Waals surface area contributed by atoms with E-state index in [1.54, 1.807) is 24.4 Å². The van der Waals surface area contributed by atoms with E-state index < -0.39 is 10.0 Å². The first-order chi connectivity index (χ1) is 9.96. The van der Waals surface area contributed by atoms with Crippen molar-refractivity contribution in [2.75, 3.05) is 12.4 Å². The number of nitrogens with one attached hydrogen (secondary N) is 2. The summed E-state index contributed by atoms with van der Waals surface area (Å²) in [6, 6.07) is 5.04. The standard InChI is InChI=1S/C14H20N4O2S/c1-4-18-10-12(9-17-18)8-16-14-7-13(6-5-11(14)2)21(19,20)15-3/h5-7,9-10,15-16H,4,8H2,1-3H3. The molecule has 114 valence electrons. The van der Waals surface area contributed by atoms with E-state index in [9.17, 15) is 8.42 Å². The molecule has 21 heavy (non-hydrogen) atoms. The second-order valence-electron chi connectivity index (χ2n) is 4.74. The minimum Gasteiger partial charge on any atom is -0.381 e. The minimum absolute atomic E-state index is 0.252. The van der Waals surface area contributed by atoms with Gasteiger partial charge in [-0.05, 0) is 38.6 Å². The number of anilines is 1. The van der Waals surface area contributed by atoms with Crippen molar-refractivity contribution < 1.29 is 8.42 Å². The van der Waals surface area contributed by atoms with Crippen molar-refractivity contribution in [2.45, 2.75) is 31.8 Å². The minimum atomic E-state index is -3.43. The summed E-state index contributed by atoms with van der Waals surface area (Å²) in [7, 11) is -2.02. The molecule has 0 spiro atoms. The van der Waals surface area contributed by atoms with Crippen LogP contribution in [0.5, 0.6) is 0 Å². The molecule has 1 heterocycles. The predicted molar refractivity (Wildman–Crippen MR) is 82.7 cm³/mol. The Labute approximate surface area is 125 Å². The SMILES string of the molecule is CCn1cc(CNc2cc(S(=O)(=O)NC)ccc2C)cn1. The van der Waals surface area contributed by atoms with E-state index in [1.165, 1.54) is 7.05 Å². The van der Waals surface area contributed by atoms with Gasteiger partial charge in [-0.1, -0.05) is 6.07 Å². The first-order valence-corrected chi connectivity index (χ1v) is 8.24. The monoisotopic (exact) mass is 308 g/mol. The predicted octanol–water partition coefficient (Wildman–Crippen LogP) is 1.73. The van der Waals surface area contributed by atoms with Crippen LogP contribution in [0, 0.1) is 6.92 Å². The molecule has 2 rings (SSSR count). The fraction of sp³-hybridized carbons (Fsp3) is 0.357. The molecule has 1 aromatic heterocycles. The first-order valence-electron chi connectivity index (χ1n) is 6.75. The van der Waals surface area contributed by atoms with Crippen LogP contribution in [0.25, 0.3) is 0 Å². The lowest BCUT2D eigenvalue weighted by Gasteiger charge is -2.11. The summed E-state index contributed by atoms with van der Waals surface area (Å²) in [5.41, 5.74) is 2.85. The Hall–Kier alpha value is -1.86. The highest BCUT2D eigenvalue weighted by Crippen LogP contribution is 2.20. The molecule has 0 fully saturated rings. The summed E-state index contributed by atoms with van der Waals surface area (Å²) < 4.78 is 27.8. The summed E-state index contributed by atoms with van der Waals surface area (Å²) in [5, 5.41) is 7.47. The highest BCUT2D eigenvalue weighted by atomic mass is 32.2. The van der Waals surface area contributed by atoms with Gasteiger partial charge in [-0.25, -0.2) is 13.1 Å². The molecule has 2 N–H and O–H groups in total. The van der Waals surface area contributed by atoms with Gasteiger partial charge in [0.15, 0.2) is 0 Å². The summed E-state index contributed by atoms with van der Waals surface area (Å²) in [6.07, 6.45) is 3.77. The maximum absolute atomic E-state index is 11.8. The van der Waals surface area contributed by atoms with Gasteiger partial charge in [-0.15, -0.1) is 0 Å². The molecule has 0 saturated carbocycles. The van der Waals surface area contributed by atoms with E-state index in [2.05, 4.69) is 15.1 Å². The number of nitrogens with zero attached hydrogens (tertiary/aromatic N) is 2. The molecule has 1 aromatic carbocycles. The van der Waals surface area contributed by atoms with Gasteiger partial charge in [0.25, 0.3) is 0 Å². The van der Waals surface area contributed by atoms with Crippen molar-refractivity contribution in [1.82, 2.24) is 14.5 Å². The Balaban J connectivity index is 2.17. The molecule has 2 aromatic rings. The van der Waals surface area contributed by atoms with Gasteiger partial charge >= 0.3 is 0 Å². The van der Waals surface area contributed by atoms with Crippen LogP contribution in [0.4, 0.5) is 5.69 Å². The van der Waals surface area contributed by atoms with Crippen LogP contribution in [0.3, 0.4) is 0 Å². The zero-order valence-electron chi connectivity index (χ0n) is 12.4. The van der Waals surface area contributed by atoms with Crippen LogP contribution >= 0.6 is 0 Å². The summed E-state index contributed by atoms with van der Waals surface area (Å²) in [4.78, 5) is 0.252. The molecule has 0 aliphatic carbocycles. The highest BCUT2D eigenvalue weighted by molar-refractivity contribution is 7.89. The fourth-order valence-corrected chi connectivity index (χ4v) is 2.70. The van der Waals surface area contributed by atoms with E-state index in [0.29, 0.717) is 6.54 Å². The van der Waals surface area contributed by atoms with Crippen LogP contribution in [-0.2, 0) is 23.1 Å². The summed E-state index contributed by atoms with van der Waals surface area (Å²) in [5.74, 6) is 0. The highest BCUT2D eigenvalue weighted by Gasteiger charge is 2.12. The number of rotatable bonds is 6. The van der Waals surface area contributed by atoms with Crippen molar-refractivity contribution in [1.29, 1.82) is 0 Å². The topological polar surface area (TPSA) is 76.0 Å². The lowest BCUT2D eigenvalue weighted by atomic mass is 10.2. The Morgan fingerprint density at radius 3 is 2.71 bits per heavy atom. The molecule has 0 atom stereocenters. The molecule has 0 radical (unpaired) electrons. The van der Waals surface area contributed by atoms with Crippen molar-refractivity contribution in [3.05, 3.63) is 41.7 Å². The average molecular weight is 308 g/mol. The van der Waals surface area contributed by atoms with Crippen molar-refractivity contribution in [3.8, 4) is 0 Å². The first kappa shape index (κ1) is 15.5. The van der Waals surface area contributed by atoms with E-state index >= 15 is 0 Å². The Morgan fingerprint density at radius 2 is 2.10 bits per heavy atom. The Bertz CT molecular complexity index is 722. The average Bonchev–Trinajstić information content (AvgIpc) is 2.94. The molecular weight excluding hydrogens is 288 g/mol. The number of aryl methyl sites for hydroxylation is 2. The number of hydrogen-bond donors (Lipinski definition) is 2. The van der Waals surface area contributed by atoms with E-state index in [0.717, 1.165) is 23.4 Å². The smallest absolute Gasteiger partial charge is 0.240 e. The second-order valence-corrected chi connectivity index (χ2v) is 6.63.